The van der Waals surface area contributed by atoms with Crippen LogP contribution in [0.1, 0.15) is 91.6 Å². The van der Waals surface area contributed by atoms with Crippen LogP contribution in [0, 0.1) is 34.8 Å². The summed E-state index contributed by atoms with van der Waals surface area (Å²) in [6.07, 6.45) is -2.69. The number of rotatable bonds is 12. The molecule has 56 heavy (non-hydrogen) atoms. The Labute approximate surface area is 318 Å². The van der Waals surface area contributed by atoms with E-state index in [4.69, 9.17) is 9.72 Å². The molecule has 1 fully saturated rings. The van der Waals surface area contributed by atoms with Gasteiger partial charge in [0.1, 0.15) is 41.0 Å². The van der Waals surface area contributed by atoms with Crippen molar-refractivity contribution in [1.29, 1.82) is 0 Å². The van der Waals surface area contributed by atoms with Crippen molar-refractivity contribution in [2.24, 2.45) is 11.3 Å². The molecule has 2 aliphatic carbocycles. The van der Waals surface area contributed by atoms with Crippen molar-refractivity contribution in [1.82, 2.24) is 29.4 Å². The van der Waals surface area contributed by atoms with E-state index in [1.165, 1.54) is 11.5 Å². The number of aromatic nitrogens is 6. The smallest absolute Gasteiger partial charge is 0.293 e. The number of fused-ring (bicyclic) bond motifs is 4. The van der Waals surface area contributed by atoms with Crippen LogP contribution in [0.3, 0.4) is 0 Å². The average molecular weight is 799 g/mol. The zero-order valence-electron chi connectivity index (χ0n) is 30.9. The number of sulfone groups is 1. The van der Waals surface area contributed by atoms with Crippen LogP contribution < -0.4 is 4.74 Å². The number of ketones is 1. The van der Waals surface area contributed by atoms with Gasteiger partial charge in [0.05, 0.1) is 12.8 Å². The number of methoxy groups -OCH3 is 1. The number of alkyl halides is 4. The minimum atomic E-state index is -3.58. The number of pyridine rings is 2. The van der Waals surface area contributed by atoms with E-state index in [9.17, 15) is 30.8 Å². The molecule has 0 radical (unpaired) electrons. The molecule has 1 saturated carbocycles. The molecule has 10 nitrogen and oxygen atoms in total. The van der Waals surface area contributed by atoms with Crippen molar-refractivity contribution in [2.75, 3.05) is 13.4 Å². The number of hydrogen-bond acceptors (Lipinski definition) is 8. The monoisotopic (exact) mass is 798 g/mol. The summed E-state index contributed by atoms with van der Waals surface area (Å²) < 4.78 is 120. The third-order valence-electron chi connectivity index (χ3n) is 9.72. The second-order valence-electron chi connectivity index (χ2n) is 15.4. The SMILES string of the molecule is COc1ccc(-c2ccc(C#CC(C)(C)C)nc2[C@@H](CC(=O)Cn2nc(C(F)F)c3c2C(F)(F)[C@@H]2C[C@H]32)Cc2cc(F)cc(F)c2)c2nnc(CS(C)(=O)=O)n12. The Kier molecular flexibility index (Phi) is 9.79. The van der Waals surface area contributed by atoms with Crippen molar-refractivity contribution in [3.63, 3.8) is 0 Å². The number of nitrogens with zero attached hydrogens (tertiary/aromatic N) is 6. The van der Waals surface area contributed by atoms with E-state index in [1.54, 1.807) is 24.3 Å². The van der Waals surface area contributed by atoms with Gasteiger partial charge in [-0.3, -0.25) is 9.48 Å². The molecule has 0 spiro atoms. The summed E-state index contributed by atoms with van der Waals surface area (Å²) in [7, 11) is -2.20. The first-order valence-electron chi connectivity index (χ1n) is 17.6. The van der Waals surface area contributed by atoms with Gasteiger partial charge in [0.2, 0.25) is 5.88 Å². The van der Waals surface area contributed by atoms with Crippen LogP contribution in [-0.4, -0.2) is 56.9 Å². The fraction of sp³-hybridized carbons (Fsp3) is 0.410. The molecule has 1 aromatic carbocycles. The molecule has 4 heterocycles. The van der Waals surface area contributed by atoms with Crippen LogP contribution in [0.2, 0.25) is 0 Å². The lowest BCUT2D eigenvalue weighted by atomic mass is 9.86. The molecule has 3 atom stereocenters. The first-order chi connectivity index (χ1) is 26.2. The quantitative estimate of drug-likeness (QED) is 0.0950. The molecule has 0 amide bonds. The van der Waals surface area contributed by atoms with Crippen LogP contribution in [0.15, 0.2) is 42.5 Å². The lowest BCUT2D eigenvalue weighted by molar-refractivity contribution is -0.120. The number of carbonyl (C=O) groups excluding carboxylic acids is 1. The normalized spacial score (nSPS) is 17.7. The largest absolute Gasteiger partial charge is 0.482 e. The number of hydrogen-bond donors (Lipinski definition) is 0. The summed E-state index contributed by atoms with van der Waals surface area (Å²) in [4.78, 5) is 18.9. The number of halogens is 6. The molecule has 2 aliphatic rings. The van der Waals surface area contributed by atoms with Crippen LogP contribution in [0.5, 0.6) is 5.88 Å². The molecule has 0 N–H and O–H groups in total. The highest BCUT2D eigenvalue weighted by atomic mass is 32.2. The highest BCUT2D eigenvalue weighted by Crippen LogP contribution is 2.68. The highest BCUT2D eigenvalue weighted by Gasteiger charge is 2.67. The summed E-state index contributed by atoms with van der Waals surface area (Å²) in [5.74, 6) is -2.91. The summed E-state index contributed by atoms with van der Waals surface area (Å²) in [5.41, 5.74) is -0.619. The maximum Gasteiger partial charge on any atom is 0.293 e. The van der Waals surface area contributed by atoms with E-state index in [1.807, 2.05) is 20.8 Å². The topological polar surface area (TPSA) is 121 Å². The van der Waals surface area contributed by atoms with Gasteiger partial charge in [-0.25, -0.2) is 35.4 Å². The van der Waals surface area contributed by atoms with E-state index in [2.05, 4.69) is 27.1 Å². The summed E-state index contributed by atoms with van der Waals surface area (Å²) >= 11 is 0. The molecule has 17 heteroatoms. The lowest BCUT2D eigenvalue weighted by Crippen LogP contribution is -2.24. The molecule has 0 unspecified atom stereocenters. The number of Topliss-reactive ketones (excluding diaryl/α,β-unsaturated/α-hetero) is 1. The number of ether oxygens (including phenoxy) is 1. The predicted molar refractivity (Wildman–Crippen MR) is 192 cm³/mol. The van der Waals surface area contributed by atoms with E-state index >= 15 is 8.78 Å². The summed E-state index contributed by atoms with van der Waals surface area (Å²) in [6.45, 7) is 4.90. The van der Waals surface area contributed by atoms with Gasteiger partial charge in [-0.1, -0.05) is 5.92 Å². The molecule has 294 valence electrons. The average Bonchev–Trinajstić information content (AvgIpc) is 3.57. The van der Waals surface area contributed by atoms with Gasteiger partial charge in [-0.15, -0.1) is 10.2 Å². The molecule has 4 aromatic heterocycles. The Morgan fingerprint density at radius 3 is 2.38 bits per heavy atom. The molecule has 0 saturated heterocycles. The van der Waals surface area contributed by atoms with E-state index in [0.717, 1.165) is 18.4 Å². The second kappa shape index (κ2) is 14.1. The van der Waals surface area contributed by atoms with Crippen LogP contribution >= 0.6 is 0 Å². The van der Waals surface area contributed by atoms with E-state index in [-0.39, 0.29) is 52.7 Å². The third-order valence-corrected chi connectivity index (χ3v) is 10.5. The highest BCUT2D eigenvalue weighted by molar-refractivity contribution is 7.89. The molecular formula is C39H36F6N6O4S. The Bertz CT molecular complexity index is 2550. The third kappa shape index (κ3) is 7.63. The standard InChI is InChI=1S/C39H36F6N6O4S/c1-38(2,3)11-10-24-6-7-26(27-8-9-31(55-4)51-30(19-56(5,53)54)47-48-37(27)51)33(46-24)21(12-20-13-22(40)16-23(41)14-20)15-25(52)18-50-35-32(34(49-50)36(42)43)28-17-29(28)39(35,44)45/h6-9,13-14,16,21,28-29,36H,12,15,17-19H2,1-5H3/t21-,28+,29-/m1/s1. The summed E-state index contributed by atoms with van der Waals surface area (Å²) in [6, 6.07) is 9.33. The maximum atomic E-state index is 15.4. The molecule has 0 bridgehead atoms. The first-order valence-corrected chi connectivity index (χ1v) is 19.7. The van der Waals surface area contributed by atoms with Gasteiger partial charge in [0.15, 0.2) is 27.1 Å². The minimum Gasteiger partial charge on any atom is -0.482 e. The molecule has 5 aromatic rings. The zero-order valence-corrected chi connectivity index (χ0v) is 31.7. The Hall–Kier alpha value is -5.24. The Morgan fingerprint density at radius 1 is 1.04 bits per heavy atom. The lowest BCUT2D eigenvalue weighted by Gasteiger charge is -2.21. The van der Waals surface area contributed by atoms with Gasteiger partial charge in [-0.2, -0.15) is 13.9 Å². The minimum absolute atomic E-state index is 0.0505. The van der Waals surface area contributed by atoms with Crippen molar-refractivity contribution >= 4 is 21.3 Å². The number of benzene rings is 1. The van der Waals surface area contributed by atoms with Gasteiger partial charge < -0.3 is 4.74 Å². The van der Waals surface area contributed by atoms with Gasteiger partial charge in [0.25, 0.3) is 12.3 Å². The van der Waals surface area contributed by atoms with Crippen molar-refractivity contribution < 1.29 is 44.3 Å². The van der Waals surface area contributed by atoms with Gasteiger partial charge in [-0.05, 0) is 87.4 Å². The van der Waals surface area contributed by atoms with Gasteiger partial charge >= 0.3 is 0 Å². The predicted octanol–water partition coefficient (Wildman–Crippen LogP) is 7.35. The maximum absolute atomic E-state index is 15.4. The van der Waals surface area contributed by atoms with Crippen molar-refractivity contribution in [3.05, 3.63) is 93.8 Å². The molecule has 0 aliphatic heterocycles. The zero-order chi connectivity index (χ0) is 40.5. The van der Waals surface area contributed by atoms with Crippen LogP contribution in [0.25, 0.3) is 16.8 Å². The van der Waals surface area contributed by atoms with Gasteiger partial charge in [0, 0.05) is 52.7 Å². The van der Waals surface area contributed by atoms with Crippen LogP contribution in [0.4, 0.5) is 26.3 Å². The summed E-state index contributed by atoms with van der Waals surface area (Å²) in [5, 5.41) is 12.2. The fourth-order valence-corrected chi connectivity index (χ4v) is 8.08. The fourth-order valence-electron chi connectivity index (χ4n) is 7.42. The molecule has 7 rings (SSSR count). The second-order valence-corrected chi connectivity index (χ2v) is 17.5. The van der Waals surface area contributed by atoms with Crippen molar-refractivity contribution in [3.8, 4) is 28.8 Å². The molecular weight excluding hydrogens is 763 g/mol. The van der Waals surface area contributed by atoms with E-state index in [0.29, 0.717) is 21.9 Å². The van der Waals surface area contributed by atoms with Crippen molar-refractivity contribution in [2.45, 2.75) is 76.5 Å². The van der Waals surface area contributed by atoms with Crippen LogP contribution in [-0.2, 0) is 39.3 Å². The number of carbonyl (C=O) groups is 1. The first kappa shape index (κ1) is 39.0. The Morgan fingerprint density at radius 2 is 1.73 bits per heavy atom. The van der Waals surface area contributed by atoms with E-state index < -0.39 is 92.9 Å². The Balaban J connectivity index is 1.38.